The van der Waals surface area contributed by atoms with Crippen molar-refractivity contribution in [1.82, 2.24) is 5.32 Å². The van der Waals surface area contributed by atoms with E-state index in [0.29, 0.717) is 6.04 Å². The fraction of sp³-hybridized carbons (Fsp3) is 0.538. The molecule has 2 N–H and O–H groups in total. The molecule has 0 radical (unpaired) electrons. The van der Waals surface area contributed by atoms with E-state index < -0.39 is 0 Å². The van der Waals surface area contributed by atoms with Gasteiger partial charge in [0.2, 0.25) is 0 Å². The molecule has 0 amide bonds. The van der Waals surface area contributed by atoms with Crippen LogP contribution in [0.15, 0.2) is 29.2 Å². The summed E-state index contributed by atoms with van der Waals surface area (Å²) >= 11 is 1.71. The maximum absolute atomic E-state index is 9.47. The summed E-state index contributed by atoms with van der Waals surface area (Å²) in [6.07, 6.45) is 0.628. The second-order valence-electron chi connectivity index (χ2n) is 3.95. The highest BCUT2D eigenvalue weighted by molar-refractivity contribution is 7.99. The molecular weight excluding hydrogens is 218 g/mol. The highest BCUT2D eigenvalue weighted by Gasteiger charge is 2.04. The van der Waals surface area contributed by atoms with Gasteiger partial charge >= 0.3 is 0 Å². The highest BCUT2D eigenvalue weighted by Crippen LogP contribution is 2.22. The van der Waals surface area contributed by atoms with Gasteiger partial charge in [-0.15, -0.1) is 11.8 Å². The number of thioether (sulfide) groups is 1. The van der Waals surface area contributed by atoms with Crippen LogP contribution in [0.25, 0.3) is 0 Å². The lowest BCUT2D eigenvalue weighted by molar-refractivity contribution is 0.195. The number of aliphatic hydroxyl groups is 1. The zero-order valence-corrected chi connectivity index (χ0v) is 11.1. The van der Waals surface area contributed by atoms with E-state index in [4.69, 9.17) is 0 Å². The molecule has 0 fully saturated rings. The maximum Gasteiger partial charge on any atom is 0.0631 e. The van der Waals surface area contributed by atoms with Crippen LogP contribution in [-0.4, -0.2) is 24.0 Å². The number of hydrogen-bond acceptors (Lipinski definition) is 3. The van der Waals surface area contributed by atoms with Gasteiger partial charge in [-0.1, -0.05) is 19.1 Å². The Bertz CT molecular complexity index is 299. The van der Waals surface area contributed by atoms with Crippen LogP contribution < -0.4 is 5.32 Å². The first-order valence-electron chi connectivity index (χ1n) is 5.75. The van der Waals surface area contributed by atoms with Gasteiger partial charge in [-0.3, -0.25) is 0 Å². The topological polar surface area (TPSA) is 32.3 Å². The van der Waals surface area contributed by atoms with Crippen molar-refractivity contribution in [1.29, 1.82) is 0 Å². The Balaban J connectivity index is 2.51. The van der Waals surface area contributed by atoms with Crippen molar-refractivity contribution in [2.75, 3.05) is 12.8 Å². The number of nitrogens with one attached hydrogen (secondary N) is 1. The zero-order chi connectivity index (χ0) is 12.0. The molecule has 0 bridgehead atoms. The lowest BCUT2D eigenvalue weighted by Gasteiger charge is -2.11. The second-order valence-corrected chi connectivity index (χ2v) is 5.05. The first-order chi connectivity index (χ1) is 7.67. The summed E-state index contributed by atoms with van der Waals surface area (Å²) in [6.45, 7) is 4.14. The smallest absolute Gasteiger partial charge is 0.0631 e. The van der Waals surface area contributed by atoms with Gasteiger partial charge in [0.1, 0.15) is 0 Å². The lowest BCUT2D eigenvalue weighted by atomic mass is 10.1. The summed E-state index contributed by atoms with van der Waals surface area (Å²) < 4.78 is 0. The van der Waals surface area contributed by atoms with Gasteiger partial charge in [-0.05, 0) is 38.1 Å². The van der Waals surface area contributed by atoms with Crippen LogP contribution in [0.1, 0.15) is 31.9 Å². The minimum atomic E-state index is -0.194. The van der Waals surface area contributed by atoms with Crippen LogP contribution in [0, 0.1) is 0 Å². The molecule has 0 aliphatic heterocycles. The maximum atomic E-state index is 9.47. The molecule has 1 rings (SSSR count). The molecule has 2 atom stereocenters. The van der Waals surface area contributed by atoms with Crippen LogP contribution in [0.4, 0.5) is 0 Å². The van der Waals surface area contributed by atoms with Crippen LogP contribution in [0.5, 0.6) is 0 Å². The standard InChI is InChI=1S/C13H21NOS/c1-4-12(15)9-16-13-7-5-11(6-8-13)10(2)14-3/h5-8,10,12,14-15H,4,9H2,1-3H3. The summed E-state index contributed by atoms with van der Waals surface area (Å²) in [7, 11) is 1.96. The van der Waals surface area contributed by atoms with Crippen molar-refractivity contribution in [2.45, 2.75) is 37.3 Å². The van der Waals surface area contributed by atoms with Gasteiger partial charge < -0.3 is 10.4 Å². The average Bonchev–Trinajstić information content (AvgIpc) is 2.35. The van der Waals surface area contributed by atoms with E-state index in [1.807, 2.05) is 14.0 Å². The van der Waals surface area contributed by atoms with E-state index in [9.17, 15) is 5.11 Å². The van der Waals surface area contributed by atoms with Gasteiger partial charge in [0.25, 0.3) is 0 Å². The third kappa shape index (κ3) is 4.16. The number of hydrogen-bond donors (Lipinski definition) is 2. The zero-order valence-electron chi connectivity index (χ0n) is 10.2. The second kappa shape index (κ2) is 6.94. The summed E-state index contributed by atoms with van der Waals surface area (Å²) in [5.41, 5.74) is 1.29. The molecule has 0 aliphatic carbocycles. The summed E-state index contributed by atoms with van der Waals surface area (Å²) in [5, 5.41) is 12.7. The Labute approximate surface area is 102 Å². The van der Waals surface area contributed by atoms with Crippen molar-refractivity contribution in [3.63, 3.8) is 0 Å². The fourth-order valence-corrected chi connectivity index (χ4v) is 2.28. The molecule has 0 aromatic heterocycles. The number of rotatable bonds is 6. The van der Waals surface area contributed by atoms with E-state index in [0.717, 1.165) is 12.2 Å². The lowest BCUT2D eigenvalue weighted by Crippen LogP contribution is -2.12. The summed E-state index contributed by atoms with van der Waals surface area (Å²) in [5.74, 6) is 0.775. The molecule has 1 aromatic rings. The van der Waals surface area contributed by atoms with E-state index in [2.05, 4.69) is 36.5 Å². The minimum absolute atomic E-state index is 0.194. The molecule has 1 aromatic carbocycles. The molecular formula is C13H21NOS. The fourth-order valence-electron chi connectivity index (χ4n) is 1.33. The van der Waals surface area contributed by atoms with Gasteiger partial charge in [-0.25, -0.2) is 0 Å². The highest BCUT2D eigenvalue weighted by atomic mass is 32.2. The molecule has 2 nitrogen and oxygen atoms in total. The Morgan fingerprint density at radius 3 is 2.44 bits per heavy atom. The first-order valence-corrected chi connectivity index (χ1v) is 6.74. The normalized spacial score (nSPS) is 14.8. The van der Waals surface area contributed by atoms with Gasteiger partial charge in [0.05, 0.1) is 6.10 Å². The van der Waals surface area contributed by atoms with Crippen molar-refractivity contribution < 1.29 is 5.11 Å². The molecule has 0 aliphatic rings. The summed E-state index contributed by atoms with van der Waals surface area (Å²) in [4.78, 5) is 1.22. The summed E-state index contributed by atoms with van der Waals surface area (Å²) in [6, 6.07) is 8.91. The van der Waals surface area contributed by atoms with Gasteiger partial charge in [0.15, 0.2) is 0 Å². The van der Waals surface area contributed by atoms with Crippen molar-refractivity contribution in [3.05, 3.63) is 29.8 Å². The van der Waals surface area contributed by atoms with Crippen LogP contribution in [0.2, 0.25) is 0 Å². The van der Waals surface area contributed by atoms with Crippen LogP contribution >= 0.6 is 11.8 Å². The van der Waals surface area contributed by atoms with Crippen LogP contribution in [-0.2, 0) is 0 Å². The molecule has 0 saturated carbocycles. The third-order valence-electron chi connectivity index (χ3n) is 2.73. The molecule has 0 heterocycles. The predicted molar refractivity (Wildman–Crippen MR) is 70.9 cm³/mol. The number of benzene rings is 1. The average molecular weight is 239 g/mol. The predicted octanol–water partition coefficient (Wildman–Crippen LogP) is 2.83. The van der Waals surface area contributed by atoms with Crippen molar-refractivity contribution in [2.24, 2.45) is 0 Å². The van der Waals surface area contributed by atoms with E-state index >= 15 is 0 Å². The third-order valence-corrected chi connectivity index (χ3v) is 3.88. The van der Waals surface area contributed by atoms with E-state index in [-0.39, 0.29) is 6.10 Å². The largest absolute Gasteiger partial charge is 0.392 e. The van der Waals surface area contributed by atoms with Crippen LogP contribution in [0.3, 0.4) is 0 Å². The number of aliphatic hydroxyl groups excluding tert-OH is 1. The quantitative estimate of drug-likeness (QED) is 0.749. The Morgan fingerprint density at radius 1 is 1.31 bits per heavy atom. The molecule has 90 valence electrons. The molecule has 2 unspecified atom stereocenters. The SMILES string of the molecule is CCC(O)CSc1ccc(C(C)NC)cc1. The van der Waals surface area contributed by atoms with Crippen molar-refractivity contribution in [3.8, 4) is 0 Å². The van der Waals surface area contributed by atoms with Crippen molar-refractivity contribution >= 4 is 11.8 Å². The molecule has 0 saturated heterocycles. The Morgan fingerprint density at radius 2 is 1.94 bits per heavy atom. The molecule has 3 heteroatoms. The van der Waals surface area contributed by atoms with Gasteiger partial charge in [0, 0.05) is 16.7 Å². The monoisotopic (exact) mass is 239 g/mol. The minimum Gasteiger partial charge on any atom is -0.392 e. The van der Waals surface area contributed by atoms with E-state index in [1.54, 1.807) is 11.8 Å². The van der Waals surface area contributed by atoms with Gasteiger partial charge in [-0.2, -0.15) is 0 Å². The molecule has 16 heavy (non-hydrogen) atoms. The first kappa shape index (κ1) is 13.6. The van der Waals surface area contributed by atoms with E-state index in [1.165, 1.54) is 10.5 Å². The Hall–Kier alpha value is -0.510. The Kier molecular flexibility index (Phi) is 5.88. The molecule has 0 spiro atoms.